The van der Waals surface area contributed by atoms with Crippen LogP contribution in [0.1, 0.15) is 33.2 Å². The van der Waals surface area contributed by atoms with Crippen molar-refractivity contribution in [1.82, 2.24) is 35.6 Å². The fourth-order valence-corrected chi connectivity index (χ4v) is 4.20. The Morgan fingerprint density at radius 3 is 2.67 bits per heavy atom. The fraction of sp³-hybridized carbons (Fsp3) is 0.286. The predicted molar refractivity (Wildman–Crippen MR) is 117 cm³/mol. The van der Waals surface area contributed by atoms with Crippen LogP contribution in [0.15, 0.2) is 41.1 Å². The van der Waals surface area contributed by atoms with Crippen LogP contribution in [0.5, 0.6) is 0 Å². The molecule has 4 aromatic rings. The number of carbonyl (C=O) groups excluding carboxylic acids is 1. The van der Waals surface area contributed by atoms with Crippen LogP contribution in [0.2, 0.25) is 0 Å². The molecule has 0 saturated carbocycles. The Morgan fingerprint density at radius 1 is 1.09 bits per heavy atom. The molecule has 1 aliphatic carbocycles. The Morgan fingerprint density at radius 2 is 1.88 bits per heavy atom. The third-order valence-electron chi connectivity index (χ3n) is 5.85. The maximum Gasteiger partial charge on any atom is 0.318 e. The summed E-state index contributed by atoms with van der Waals surface area (Å²) in [6.07, 6.45) is 5.70. The van der Waals surface area contributed by atoms with E-state index in [1.54, 1.807) is 12.4 Å². The van der Waals surface area contributed by atoms with Crippen LogP contribution in [0.25, 0.3) is 0 Å². The van der Waals surface area contributed by atoms with Crippen molar-refractivity contribution < 1.29 is 9.21 Å². The molecule has 4 heterocycles. The van der Waals surface area contributed by atoms with Crippen molar-refractivity contribution >= 4 is 23.6 Å². The number of aromatic nitrogens is 7. The van der Waals surface area contributed by atoms with Gasteiger partial charge in [0, 0.05) is 19.0 Å². The van der Waals surface area contributed by atoms with Gasteiger partial charge in [0.15, 0.2) is 0 Å². The number of hydrogen-bond donors (Lipinski definition) is 3. The minimum absolute atomic E-state index is 0.137. The molecule has 0 spiro atoms. The Hall–Kier alpha value is -4.35. The van der Waals surface area contributed by atoms with E-state index >= 15 is 0 Å². The maximum absolute atomic E-state index is 12.5. The van der Waals surface area contributed by atoms with E-state index in [0.717, 1.165) is 30.7 Å². The van der Waals surface area contributed by atoms with E-state index in [0.29, 0.717) is 24.7 Å². The lowest BCUT2D eigenvalue weighted by Crippen LogP contribution is -2.30. The lowest BCUT2D eigenvalue weighted by Gasteiger charge is -2.22. The van der Waals surface area contributed by atoms with Crippen molar-refractivity contribution in [2.45, 2.75) is 31.8 Å². The van der Waals surface area contributed by atoms with Gasteiger partial charge in [-0.25, -0.2) is 9.97 Å². The standard InChI is InChI=1S/C21H20N10O2/c32-18(19-28-29-21(33-19)31-6-5-16-17(11-31)27-30-26-16)24-15-9-22-20(23-10-15)25-14-7-12-3-1-2-4-13(12)8-14/h1-4,9-10,14H,5-8,11H2,(H,24,32)(H,22,23,25)(H,26,27,30). The Kier molecular flexibility index (Phi) is 4.67. The summed E-state index contributed by atoms with van der Waals surface area (Å²) in [6.45, 7) is 1.15. The average molecular weight is 444 g/mol. The quantitative estimate of drug-likeness (QED) is 0.412. The Labute approximate surface area is 187 Å². The predicted octanol–water partition coefficient (Wildman–Crippen LogP) is 1.37. The molecule has 1 aromatic carbocycles. The Bertz CT molecular complexity index is 1270. The highest BCUT2D eigenvalue weighted by atomic mass is 16.4. The minimum atomic E-state index is -0.525. The van der Waals surface area contributed by atoms with Crippen molar-refractivity contribution in [3.63, 3.8) is 0 Å². The maximum atomic E-state index is 12.5. The normalized spacial score (nSPS) is 15.2. The van der Waals surface area contributed by atoms with Gasteiger partial charge in [-0.15, -0.1) is 10.2 Å². The van der Waals surface area contributed by atoms with Crippen molar-refractivity contribution in [2.75, 3.05) is 22.1 Å². The monoisotopic (exact) mass is 444 g/mol. The number of H-pyrrole nitrogens is 1. The molecule has 0 saturated heterocycles. The SMILES string of the molecule is O=C(Nc1cnc(NC2Cc3ccccc3C2)nc1)c1nnc(N2CCc3[nH]nnc3C2)o1. The second kappa shape index (κ2) is 7.97. The number of nitrogens with zero attached hydrogens (tertiary/aromatic N) is 7. The summed E-state index contributed by atoms with van der Waals surface area (Å²) in [7, 11) is 0. The summed E-state index contributed by atoms with van der Waals surface area (Å²) in [5, 5.41) is 24.6. The van der Waals surface area contributed by atoms with E-state index in [4.69, 9.17) is 4.42 Å². The zero-order valence-corrected chi connectivity index (χ0v) is 17.5. The third kappa shape index (κ3) is 3.86. The summed E-state index contributed by atoms with van der Waals surface area (Å²) in [4.78, 5) is 23.0. The first kappa shape index (κ1) is 19.3. The number of carbonyl (C=O) groups is 1. The average Bonchev–Trinajstić information content (AvgIpc) is 3.58. The molecule has 0 unspecified atom stereocenters. The van der Waals surface area contributed by atoms with Crippen molar-refractivity contribution in [3.8, 4) is 0 Å². The van der Waals surface area contributed by atoms with Gasteiger partial charge in [0.25, 0.3) is 0 Å². The van der Waals surface area contributed by atoms with Gasteiger partial charge >= 0.3 is 17.8 Å². The highest BCUT2D eigenvalue weighted by Gasteiger charge is 2.25. The second-order valence-corrected chi connectivity index (χ2v) is 8.07. The zero-order valence-electron chi connectivity index (χ0n) is 17.5. The molecule has 0 radical (unpaired) electrons. The molecule has 2 aliphatic rings. The third-order valence-corrected chi connectivity index (χ3v) is 5.85. The first-order valence-electron chi connectivity index (χ1n) is 10.7. The molecule has 0 bridgehead atoms. The minimum Gasteiger partial charge on any atom is -0.399 e. The van der Waals surface area contributed by atoms with E-state index in [1.165, 1.54) is 11.1 Å². The highest BCUT2D eigenvalue weighted by Crippen LogP contribution is 2.24. The van der Waals surface area contributed by atoms with Gasteiger partial charge in [-0.1, -0.05) is 34.6 Å². The number of benzene rings is 1. The van der Waals surface area contributed by atoms with Crippen LogP contribution in [-0.2, 0) is 25.8 Å². The number of amides is 1. The summed E-state index contributed by atoms with van der Waals surface area (Å²) < 4.78 is 5.57. The van der Waals surface area contributed by atoms with Gasteiger partial charge in [0.1, 0.15) is 5.69 Å². The van der Waals surface area contributed by atoms with Gasteiger partial charge in [-0.05, 0) is 24.0 Å². The lowest BCUT2D eigenvalue weighted by atomic mass is 10.1. The molecule has 1 amide bonds. The van der Waals surface area contributed by atoms with Gasteiger partial charge in [0.2, 0.25) is 5.95 Å². The number of hydrogen-bond acceptors (Lipinski definition) is 10. The van der Waals surface area contributed by atoms with Crippen molar-refractivity contribution in [3.05, 3.63) is 65.1 Å². The van der Waals surface area contributed by atoms with Crippen LogP contribution in [0.3, 0.4) is 0 Å². The van der Waals surface area contributed by atoms with Gasteiger partial charge in [-0.2, -0.15) is 0 Å². The summed E-state index contributed by atoms with van der Waals surface area (Å²) in [6, 6.07) is 8.93. The van der Waals surface area contributed by atoms with E-state index in [9.17, 15) is 4.79 Å². The summed E-state index contributed by atoms with van der Waals surface area (Å²) >= 11 is 0. The smallest absolute Gasteiger partial charge is 0.318 e. The molecular formula is C21H20N10O2. The first-order valence-corrected chi connectivity index (χ1v) is 10.7. The van der Waals surface area contributed by atoms with Crippen LogP contribution < -0.4 is 15.5 Å². The number of fused-ring (bicyclic) bond motifs is 2. The van der Waals surface area contributed by atoms with Crippen LogP contribution in [0, 0.1) is 0 Å². The zero-order chi connectivity index (χ0) is 22.2. The second-order valence-electron chi connectivity index (χ2n) is 8.07. The molecular weight excluding hydrogens is 424 g/mol. The van der Waals surface area contributed by atoms with Crippen molar-refractivity contribution in [1.29, 1.82) is 0 Å². The van der Waals surface area contributed by atoms with Crippen LogP contribution in [0.4, 0.5) is 17.7 Å². The molecule has 12 nitrogen and oxygen atoms in total. The number of rotatable bonds is 5. The molecule has 3 aromatic heterocycles. The van der Waals surface area contributed by atoms with Crippen LogP contribution in [-0.4, -0.2) is 54.1 Å². The summed E-state index contributed by atoms with van der Waals surface area (Å²) in [5.41, 5.74) is 4.97. The fourth-order valence-electron chi connectivity index (χ4n) is 4.20. The number of aromatic amines is 1. The van der Waals surface area contributed by atoms with E-state index in [1.807, 2.05) is 4.90 Å². The molecule has 166 valence electrons. The molecule has 33 heavy (non-hydrogen) atoms. The molecule has 6 rings (SSSR count). The van der Waals surface area contributed by atoms with Gasteiger partial charge in [-0.3, -0.25) is 9.89 Å². The number of nitrogens with one attached hydrogen (secondary N) is 3. The lowest BCUT2D eigenvalue weighted by molar-refractivity contribution is 0.0990. The van der Waals surface area contributed by atoms with E-state index < -0.39 is 5.91 Å². The molecule has 0 atom stereocenters. The highest BCUT2D eigenvalue weighted by molar-refractivity contribution is 6.00. The van der Waals surface area contributed by atoms with E-state index in [-0.39, 0.29) is 17.9 Å². The van der Waals surface area contributed by atoms with Crippen molar-refractivity contribution in [2.24, 2.45) is 0 Å². The molecule has 12 heteroatoms. The topological polar surface area (TPSA) is 151 Å². The number of anilines is 3. The van der Waals surface area contributed by atoms with Gasteiger partial charge < -0.3 is 20.0 Å². The molecule has 3 N–H and O–H groups in total. The van der Waals surface area contributed by atoms with Gasteiger partial charge in [0.05, 0.1) is 30.3 Å². The van der Waals surface area contributed by atoms with Crippen LogP contribution >= 0.6 is 0 Å². The largest absolute Gasteiger partial charge is 0.399 e. The first-order chi connectivity index (χ1) is 16.2. The van der Waals surface area contributed by atoms with E-state index in [2.05, 4.69) is 70.5 Å². The summed E-state index contributed by atoms with van der Waals surface area (Å²) in [5.74, 6) is -0.145. The molecule has 0 fully saturated rings. The molecule has 1 aliphatic heterocycles. The Balaban J connectivity index is 1.06.